The Morgan fingerprint density at radius 1 is 1.17 bits per heavy atom. The van der Waals surface area contributed by atoms with Gasteiger partial charge < -0.3 is 9.88 Å². The number of carbonyl (C=O) groups is 1. The summed E-state index contributed by atoms with van der Waals surface area (Å²) in [5.41, 5.74) is 5.65. The highest BCUT2D eigenvalue weighted by Crippen LogP contribution is 2.21. The number of carbonyl (C=O) groups excluding carboxylic acids is 1. The Morgan fingerprint density at radius 2 is 2.00 bits per heavy atom. The van der Waals surface area contributed by atoms with Crippen molar-refractivity contribution < 1.29 is 4.79 Å². The Bertz CT molecular complexity index is 1200. The summed E-state index contributed by atoms with van der Waals surface area (Å²) in [7, 11) is 0. The molecule has 4 rings (SSSR count). The van der Waals surface area contributed by atoms with E-state index in [1.165, 1.54) is 6.33 Å². The van der Waals surface area contributed by atoms with Gasteiger partial charge in [0.2, 0.25) is 5.91 Å². The maximum atomic E-state index is 12.5. The van der Waals surface area contributed by atoms with Crippen molar-refractivity contribution >= 4 is 28.4 Å². The van der Waals surface area contributed by atoms with E-state index in [9.17, 15) is 4.79 Å². The SMILES string of the molecule is CCCn1c(C)nc2cc(NC(=O)CCc3c(C)nc4ncnn4c3C)ccc21. The topological polar surface area (TPSA) is 90.0 Å². The van der Waals surface area contributed by atoms with Crippen LogP contribution in [0.3, 0.4) is 0 Å². The van der Waals surface area contributed by atoms with Crippen LogP contribution in [0.5, 0.6) is 0 Å². The summed E-state index contributed by atoms with van der Waals surface area (Å²) in [6.07, 6.45) is 3.51. The highest BCUT2D eigenvalue weighted by molar-refractivity contribution is 5.93. The average Bonchev–Trinajstić information content (AvgIpc) is 3.26. The number of rotatable bonds is 6. The predicted octanol–water partition coefficient (Wildman–Crippen LogP) is 3.38. The number of aryl methyl sites for hydroxylation is 4. The number of aromatic nitrogens is 6. The first-order chi connectivity index (χ1) is 14.0. The molecule has 0 spiro atoms. The second-order valence-corrected chi connectivity index (χ2v) is 7.30. The highest BCUT2D eigenvalue weighted by Gasteiger charge is 2.13. The van der Waals surface area contributed by atoms with Gasteiger partial charge in [-0.15, -0.1) is 0 Å². The third-order valence-electron chi connectivity index (χ3n) is 5.26. The fraction of sp³-hybridized carbons (Fsp3) is 0.381. The molecule has 0 saturated heterocycles. The molecule has 0 aliphatic rings. The van der Waals surface area contributed by atoms with E-state index in [4.69, 9.17) is 0 Å². The normalized spacial score (nSPS) is 11.4. The molecule has 3 aromatic heterocycles. The van der Waals surface area contributed by atoms with Crippen LogP contribution >= 0.6 is 0 Å². The summed E-state index contributed by atoms with van der Waals surface area (Å²) < 4.78 is 3.92. The molecule has 0 aliphatic heterocycles. The van der Waals surface area contributed by atoms with Gasteiger partial charge in [0.25, 0.3) is 5.78 Å². The summed E-state index contributed by atoms with van der Waals surface area (Å²) in [5, 5.41) is 7.19. The Hall–Kier alpha value is -3.29. The van der Waals surface area contributed by atoms with Crippen molar-refractivity contribution in [3.8, 4) is 0 Å². The van der Waals surface area contributed by atoms with Crippen molar-refractivity contribution in [3.05, 3.63) is 47.3 Å². The third-order valence-corrected chi connectivity index (χ3v) is 5.26. The molecule has 150 valence electrons. The van der Waals surface area contributed by atoms with E-state index in [-0.39, 0.29) is 5.91 Å². The zero-order chi connectivity index (χ0) is 20.5. The van der Waals surface area contributed by atoms with Gasteiger partial charge in [0, 0.05) is 30.0 Å². The molecule has 1 aromatic carbocycles. The van der Waals surface area contributed by atoms with Gasteiger partial charge >= 0.3 is 0 Å². The molecule has 1 N–H and O–H groups in total. The van der Waals surface area contributed by atoms with Crippen LogP contribution in [0, 0.1) is 20.8 Å². The molecular formula is C21H25N7O. The van der Waals surface area contributed by atoms with E-state index >= 15 is 0 Å². The number of anilines is 1. The van der Waals surface area contributed by atoms with Crippen molar-refractivity contribution in [2.45, 2.75) is 53.5 Å². The summed E-state index contributed by atoms with van der Waals surface area (Å²) in [5.74, 6) is 1.54. The molecule has 8 nitrogen and oxygen atoms in total. The number of amides is 1. The smallest absolute Gasteiger partial charge is 0.252 e. The molecule has 0 saturated carbocycles. The lowest BCUT2D eigenvalue weighted by Gasteiger charge is -2.11. The van der Waals surface area contributed by atoms with Gasteiger partial charge in [-0.1, -0.05) is 6.92 Å². The van der Waals surface area contributed by atoms with Crippen LogP contribution in [0.4, 0.5) is 5.69 Å². The predicted molar refractivity (Wildman–Crippen MR) is 112 cm³/mol. The lowest BCUT2D eigenvalue weighted by Crippen LogP contribution is -2.14. The molecule has 0 atom stereocenters. The number of hydrogen-bond donors (Lipinski definition) is 1. The maximum absolute atomic E-state index is 12.5. The fourth-order valence-corrected chi connectivity index (χ4v) is 3.81. The minimum atomic E-state index is -0.0356. The van der Waals surface area contributed by atoms with Gasteiger partial charge in [-0.25, -0.2) is 14.5 Å². The number of nitrogens with zero attached hydrogens (tertiary/aromatic N) is 6. The van der Waals surface area contributed by atoms with E-state index in [1.807, 2.05) is 39.0 Å². The van der Waals surface area contributed by atoms with Crippen LogP contribution in [-0.2, 0) is 17.8 Å². The number of benzene rings is 1. The van der Waals surface area contributed by atoms with Crippen LogP contribution in [0.25, 0.3) is 16.8 Å². The van der Waals surface area contributed by atoms with Crippen molar-refractivity contribution in [2.75, 3.05) is 5.32 Å². The third kappa shape index (κ3) is 3.57. The summed E-state index contributed by atoms with van der Waals surface area (Å²) in [4.78, 5) is 25.8. The van der Waals surface area contributed by atoms with Crippen LogP contribution < -0.4 is 5.32 Å². The number of imidazole rings is 1. The number of fused-ring (bicyclic) bond motifs is 2. The van der Waals surface area contributed by atoms with Gasteiger partial charge in [0.05, 0.1) is 11.0 Å². The van der Waals surface area contributed by atoms with Gasteiger partial charge in [-0.3, -0.25) is 4.79 Å². The number of nitrogens with one attached hydrogen (secondary N) is 1. The molecule has 0 radical (unpaired) electrons. The summed E-state index contributed by atoms with van der Waals surface area (Å²) >= 11 is 0. The van der Waals surface area contributed by atoms with Crippen molar-refractivity contribution in [2.24, 2.45) is 0 Å². The second-order valence-electron chi connectivity index (χ2n) is 7.30. The number of hydrogen-bond acceptors (Lipinski definition) is 5. The molecule has 1 amide bonds. The van der Waals surface area contributed by atoms with Gasteiger partial charge in [-0.2, -0.15) is 10.1 Å². The second kappa shape index (κ2) is 7.62. The lowest BCUT2D eigenvalue weighted by atomic mass is 10.1. The van der Waals surface area contributed by atoms with Gasteiger partial charge in [0.15, 0.2) is 0 Å². The van der Waals surface area contributed by atoms with Crippen LogP contribution in [0.2, 0.25) is 0 Å². The molecule has 29 heavy (non-hydrogen) atoms. The average molecular weight is 391 g/mol. The molecule has 8 heteroatoms. The van der Waals surface area contributed by atoms with Crippen molar-refractivity contribution in [1.82, 2.24) is 29.1 Å². The van der Waals surface area contributed by atoms with E-state index in [2.05, 4.69) is 36.9 Å². The van der Waals surface area contributed by atoms with Gasteiger partial charge in [0.1, 0.15) is 12.2 Å². The first kappa shape index (κ1) is 19.0. The first-order valence-electron chi connectivity index (χ1n) is 9.90. The van der Waals surface area contributed by atoms with E-state index in [0.717, 1.165) is 52.5 Å². The summed E-state index contributed by atoms with van der Waals surface area (Å²) in [6, 6.07) is 5.90. The Kier molecular flexibility index (Phi) is 5.00. The molecule has 0 fully saturated rings. The minimum absolute atomic E-state index is 0.0356. The summed E-state index contributed by atoms with van der Waals surface area (Å²) in [6.45, 7) is 9.03. The molecule has 0 unspecified atom stereocenters. The Labute approximate surface area is 169 Å². The Balaban J connectivity index is 1.47. The lowest BCUT2D eigenvalue weighted by molar-refractivity contribution is -0.116. The fourth-order valence-electron chi connectivity index (χ4n) is 3.81. The van der Waals surface area contributed by atoms with Crippen molar-refractivity contribution in [1.29, 1.82) is 0 Å². The van der Waals surface area contributed by atoms with Crippen LogP contribution in [-0.4, -0.2) is 35.0 Å². The van der Waals surface area contributed by atoms with Crippen LogP contribution in [0.15, 0.2) is 24.5 Å². The van der Waals surface area contributed by atoms with Crippen LogP contribution in [0.1, 0.15) is 42.5 Å². The molecular weight excluding hydrogens is 366 g/mol. The molecule has 3 heterocycles. The zero-order valence-electron chi connectivity index (χ0n) is 17.2. The van der Waals surface area contributed by atoms with Crippen molar-refractivity contribution in [3.63, 3.8) is 0 Å². The highest BCUT2D eigenvalue weighted by atomic mass is 16.1. The quantitative estimate of drug-likeness (QED) is 0.544. The standard InChI is InChI=1S/C21H25N7O/c1-5-10-27-15(4)25-18-11-16(6-8-19(18)27)26-20(29)9-7-17-13(2)24-21-22-12-23-28(21)14(17)3/h6,8,11-12H,5,7,9-10H2,1-4H3,(H,26,29). The first-order valence-corrected chi connectivity index (χ1v) is 9.90. The molecule has 0 bridgehead atoms. The monoisotopic (exact) mass is 391 g/mol. The van der Waals surface area contributed by atoms with E-state index in [1.54, 1.807) is 4.52 Å². The molecule has 4 aromatic rings. The Morgan fingerprint density at radius 3 is 2.79 bits per heavy atom. The van der Waals surface area contributed by atoms with Gasteiger partial charge in [-0.05, 0) is 57.4 Å². The van der Waals surface area contributed by atoms with E-state index < -0.39 is 0 Å². The molecule has 0 aliphatic carbocycles. The zero-order valence-corrected chi connectivity index (χ0v) is 17.2. The minimum Gasteiger partial charge on any atom is -0.328 e. The maximum Gasteiger partial charge on any atom is 0.252 e. The largest absolute Gasteiger partial charge is 0.328 e. The van der Waals surface area contributed by atoms with E-state index in [0.29, 0.717) is 18.6 Å².